The number of nitrogens with two attached hydrogens (primary N) is 1. The number of nitro groups is 1. The third-order valence-electron chi connectivity index (χ3n) is 3.45. The lowest BCUT2D eigenvalue weighted by molar-refractivity contribution is -0.384. The summed E-state index contributed by atoms with van der Waals surface area (Å²) in [6, 6.07) is 5.69. The number of carbonyl (C=O) groups excluding carboxylic acids is 1. The molecule has 1 aromatic rings. The molecule has 1 atom stereocenters. The number of likely N-dealkylation sites (tertiary alicyclic amines) is 1. The predicted octanol–water partition coefficient (Wildman–Crippen LogP) is 1.80. The average Bonchev–Trinajstić information content (AvgIpc) is 2.47. The number of benzene rings is 1. The van der Waals surface area contributed by atoms with Crippen molar-refractivity contribution in [1.29, 1.82) is 0 Å². The van der Waals surface area contributed by atoms with Crippen LogP contribution in [0.3, 0.4) is 0 Å². The van der Waals surface area contributed by atoms with Crippen molar-refractivity contribution in [2.24, 2.45) is 11.7 Å². The van der Waals surface area contributed by atoms with Crippen molar-refractivity contribution < 1.29 is 9.72 Å². The summed E-state index contributed by atoms with van der Waals surface area (Å²) in [5, 5.41) is 13.4. The van der Waals surface area contributed by atoms with Crippen LogP contribution in [-0.4, -0.2) is 35.5 Å². The highest BCUT2D eigenvalue weighted by molar-refractivity contribution is 5.89. The number of nitrogens with one attached hydrogen (secondary N) is 1. The fourth-order valence-corrected chi connectivity index (χ4v) is 2.34. The zero-order valence-electron chi connectivity index (χ0n) is 11.1. The molecule has 1 heterocycles. The number of amides is 2. The maximum Gasteiger partial charge on any atom is 0.321 e. The molecular weight excluding hydrogens is 260 g/mol. The molecule has 20 heavy (non-hydrogen) atoms. The normalized spacial score (nSPS) is 18.6. The Morgan fingerprint density at radius 1 is 1.55 bits per heavy atom. The number of piperidine rings is 1. The number of nitrogens with zero attached hydrogens (tertiary/aromatic N) is 2. The van der Waals surface area contributed by atoms with Crippen LogP contribution in [0.15, 0.2) is 24.3 Å². The second-order valence-electron chi connectivity index (χ2n) is 4.93. The molecule has 0 aliphatic carbocycles. The molecule has 0 radical (unpaired) electrons. The second kappa shape index (κ2) is 6.33. The topological polar surface area (TPSA) is 102 Å². The highest BCUT2D eigenvalue weighted by Gasteiger charge is 2.22. The molecule has 2 amide bonds. The molecule has 108 valence electrons. The first-order valence-corrected chi connectivity index (χ1v) is 6.60. The van der Waals surface area contributed by atoms with Gasteiger partial charge in [0.2, 0.25) is 0 Å². The van der Waals surface area contributed by atoms with E-state index in [9.17, 15) is 14.9 Å². The maximum atomic E-state index is 12.1. The molecule has 0 aromatic heterocycles. The SMILES string of the molecule is NCC1CCCN(C(=O)Nc2cccc([N+](=O)[O-])c2)C1. The Morgan fingerprint density at radius 2 is 2.35 bits per heavy atom. The summed E-state index contributed by atoms with van der Waals surface area (Å²) in [5.74, 6) is 0.333. The Kier molecular flexibility index (Phi) is 4.52. The van der Waals surface area contributed by atoms with E-state index in [1.165, 1.54) is 12.1 Å². The van der Waals surface area contributed by atoms with Gasteiger partial charge in [0.25, 0.3) is 5.69 Å². The molecule has 3 N–H and O–H groups in total. The van der Waals surface area contributed by atoms with Gasteiger partial charge in [-0.05, 0) is 31.4 Å². The van der Waals surface area contributed by atoms with E-state index in [4.69, 9.17) is 5.73 Å². The van der Waals surface area contributed by atoms with Crippen LogP contribution in [0.5, 0.6) is 0 Å². The molecule has 1 aromatic carbocycles. The largest absolute Gasteiger partial charge is 0.330 e. The predicted molar refractivity (Wildman–Crippen MR) is 75.5 cm³/mol. The van der Waals surface area contributed by atoms with Crippen molar-refractivity contribution in [3.63, 3.8) is 0 Å². The molecule has 2 rings (SSSR count). The molecule has 0 saturated carbocycles. The van der Waals surface area contributed by atoms with Crippen molar-refractivity contribution in [1.82, 2.24) is 4.90 Å². The number of urea groups is 1. The molecule has 7 nitrogen and oxygen atoms in total. The quantitative estimate of drug-likeness (QED) is 0.650. The third-order valence-corrected chi connectivity index (χ3v) is 3.45. The highest BCUT2D eigenvalue weighted by Crippen LogP contribution is 2.19. The molecule has 1 aliphatic rings. The van der Waals surface area contributed by atoms with E-state index in [0.717, 1.165) is 12.8 Å². The van der Waals surface area contributed by atoms with E-state index in [1.54, 1.807) is 17.0 Å². The second-order valence-corrected chi connectivity index (χ2v) is 4.93. The molecule has 1 unspecified atom stereocenters. The Balaban J connectivity index is 2.00. The third kappa shape index (κ3) is 3.45. The number of non-ortho nitro benzene ring substituents is 1. The van der Waals surface area contributed by atoms with Gasteiger partial charge >= 0.3 is 6.03 Å². The fourth-order valence-electron chi connectivity index (χ4n) is 2.34. The Hall–Kier alpha value is -2.15. The summed E-state index contributed by atoms with van der Waals surface area (Å²) < 4.78 is 0. The van der Waals surface area contributed by atoms with Gasteiger partial charge in [0.1, 0.15) is 0 Å². The average molecular weight is 278 g/mol. The Morgan fingerprint density at radius 3 is 3.05 bits per heavy atom. The lowest BCUT2D eigenvalue weighted by Crippen LogP contribution is -2.44. The van der Waals surface area contributed by atoms with Gasteiger partial charge < -0.3 is 16.0 Å². The van der Waals surface area contributed by atoms with Crippen LogP contribution in [0.1, 0.15) is 12.8 Å². The Bertz CT molecular complexity index is 506. The first-order valence-electron chi connectivity index (χ1n) is 6.60. The number of nitro benzene ring substituents is 1. The van der Waals surface area contributed by atoms with Crippen molar-refractivity contribution in [2.45, 2.75) is 12.8 Å². The first-order chi connectivity index (χ1) is 9.60. The van der Waals surface area contributed by atoms with Crippen LogP contribution in [0.4, 0.5) is 16.2 Å². The van der Waals surface area contributed by atoms with Crippen LogP contribution >= 0.6 is 0 Å². The minimum atomic E-state index is -0.485. The molecule has 7 heteroatoms. The van der Waals surface area contributed by atoms with Gasteiger partial charge in [0.05, 0.1) is 4.92 Å². The lowest BCUT2D eigenvalue weighted by Gasteiger charge is -2.32. The summed E-state index contributed by atoms with van der Waals surface area (Å²) in [6.07, 6.45) is 1.97. The van der Waals surface area contributed by atoms with E-state index in [1.807, 2.05) is 0 Å². The van der Waals surface area contributed by atoms with Gasteiger partial charge in [-0.15, -0.1) is 0 Å². The molecule has 1 saturated heterocycles. The molecule has 1 aliphatic heterocycles. The van der Waals surface area contributed by atoms with E-state index < -0.39 is 4.92 Å². The molecule has 0 bridgehead atoms. The summed E-state index contributed by atoms with van der Waals surface area (Å²) in [4.78, 5) is 24.0. The van der Waals surface area contributed by atoms with Crippen LogP contribution in [0, 0.1) is 16.0 Å². The van der Waals surface area contributed by atoms with Gasteiger partial charge in [0, 0.05) is 30.9 Å². The monoisotopic (exact) mass is 278 g/mol. The van der Waals surface area contributed by atoms with Gasteiger partial charge in [-0.25, -0.2) is 4.79 Å². The van der Waals surface area contributed by atoms with Crippen LogP contribution < -0.4 is 11.1 Å². The number of anilines is 1. The van der Waals surface area contributed by atoms with Gasteiger partial charge in [-0.3, -0.25) is 10.1 Å². The Labute approximate surface area is 116 Å². The maximum absolute atomic E-state index is 12.1. The minimum Gasteiger partial charge on any atom is -0.330 e. The first kappa shape index (κ1) is 14.3. The van der Waals surface area contributed by atoms with Gasteiger partial charge in [0.15, 0.2) is 0 Å². The summed E-state index contributed by atoms with van der Waals surface area (Å²) in [6.45, 7) is 1.90. The zero-order chi connectivity index (χ0) is 14.5. The number of hydrogen-bond acceptors (Lipinski definition) is 4. The zero-order valence-corrected chi connectivity index (χ0v) is 11.1. The molecular formula is C13H18N4O3. The van der Waals surface area contributed by atoms with Crippen LogP contribution in [0.25, 0.3) is 0 Å². The van der Waals surface area contributed by atoms with Gasteiger partial charge in [-0.2, -0.15) is 0 Å². The standard InChI is InChI=1S/C13H18N4O3/c14-8-10-3-2-6-16(9-10)13(18)15-11-4-1-5-12(7-11)17(19)20/h1,4-5,7,10H,2-3,6,8-9,14H2,(H,15,18). The summed E-state index contributed by atoms with van der Waals surface area (Å²) in [5.41, 5.74) is 6.03. The van der Waals surface area contributed by atoms with Crippen molar-refractivity contribution in [3.05, 3.63) is 34.4 Å². The van der Waals surface area contributed by atoms with Crippen molar-refractivity contribution in [3.8, 4) is 0 Å². The minimum absolute atomic E-state index is 0.0405. The summed E-state index contributed by atoms with van der Waals surface area (Å²) in [7, 11) is 0. The fraction of sp³-hybridized carbons (Fsp3) is 0.462. The van der Waals surface area contributed by atoms with E-state index in [2.05, 4.69) is 5.32 Å². The van der Waals surface area contributed by atoms with E-state index in [0.29, 0.717) is 31.2 Å². The number of hydrogen-bond donors (Lipinski definition) is 2. The lowest BCUT2D eigenvalue weighted by atomic mass is 9.99. The van der Waals surface area contributed by atoms with Crippen LogP contribution in [-0.2, 0) is 0 Å². The van der Waals surface area contributed by atoms with Crippen molar-refractivity contribution in [2.75, 3.05) is 25.0 Å². The van der Waals surface area contributed by atoms with Gasteiger partial charge in [-0.1, -0.05) is 6.07 Å². The number of rotatable bonds is 3. The van der Waals surface area contributed by atoms with E-state index in [-0.39, 0.29) is 11.7 Å². The van der Waals surface area contributed by atoms with Crippen LogP contribution in [0.2, 0.25) is 0 Å². The van der Waals surface area contributed by atoms with Crippen molar-refractivity contribution >= 4 is 17.4 Å². The molecule has 0 spiro atoms. The van der Waals surface area contributed by atoms with E-state index >= 15 is 0 Å². The highest BCUT2D eigenvalue weighted by atomic mass is 16.6. The molecule has 1 fully saturated rings. The summed E-state index contributed by atoms with van der Waals surface area (Å²) >= 11 is 0. The smallest absolute Gasteiger partial charge is 0.321 e. The number of carbonyl (C=O) groups is 1.